The number of piperidine rings is 1. The lowest BCUT2D eigenvalue weighted by atomic mass is 9.94. The Labute approximate surface area is 165 Å². The molecule has 7 heteroatoms. The number of likely N-dealkylation sites (tertiary alicyclic amines) is 1. The smallest absolute Gasteiger partial charge is 0.253 e. The van der Waals surface area contributed by atoms with Gasteiger partial charge in [0.15, 0.2) is 0 Å². The van der Waals surface area contributed by atoms with Gasteiger partial charge in [0.2, 0.25) is 11.8 Å². The minimum Gasteiger partial charge on any atom is -0.342 e. The molecule has 0 bridgehead atoms. The zero-order chi connectivity index (χ0) is 20.3. The second kappa shape index (κ2) is 8.71. The van der Waals surface area contributed by atoms with Crippen LogP contribution in [0.1, 0.15) is 37.0 Å². The Kier molecular flexibility index (Phi) is 6.31. The van der Waals surface area contributed by atoms with E-state index >= 15 is 0 Å². The minimum atomic E-state index is -0.367. The van der Waals surface area contributed by atoms with Gasteiger partial charge in [0.05, 0.1) is 0 Å². The summed E-state index contributed by atoms with van der Waals surface area (Å²) in [7, 11) is 0. The molecule has 6 nitrogen and oxygen atoms in total. The molecule has 2 aliphatic rings. The van der Waals surface area contributed by atoms with Crippen LogP contribution in [-0.2, 0) is 9.59 Å². The standard InChI is InChI=1S/C21H28FN3O3/c1-15(2)19(26)23-9-7-17(8-10-23)21(28)25-13-11-24(12-14-25)20(27)16-3-5-18(22)6-4-16/h3-6,15,17H,7-14H2,1-2H3. The molecule has 2 saturated heterocycles. The van der Waals surface area contributed by atoms with Gasteiger partial charge in [0.1, 0.15) is 5.82 Å². The molecule has 28 heavy (non-hydrogen) atoms. The molecule has 2 heterocycles. The van der Waals surface area contributed by atoms with Gasteiger partial charge in [0.25, 0.3) is 5.91 Å². The maximum absolute atomic E-state index is 13.0. The summed E-state index contributed by atoms with van der Waals surface area (Å²) < 4.78 is 13.0. The first kappa shape index (κ1) is 20.3. The predicted octanol–water partition coefficient (Wildman–Crippen LogP) is 2.00. The number of benzene rings is 1. The SMILES string of the molecule is CC(C)C(=O)N1CCC(C(=O)N2CCN(C(=O)c3ccc(F)cc3)CC2)CC1. The van der Waals surface area contributed by atoms with Crippen molar-refractivity contribution in [1.29, 1.82) is 0 Å². The zero-order valence-corrected chi connectivity index (χ0v) is 16.6. The van der Waals surface area contributed by atoms with Crippen molar-refractivity contribution in [3.8, 4) is 0 Å². The summed E-state index contributed by atoms with van der Waals surface area (Å²) in [6.45, 7) is 7.04. The van der Waals surface area contributed by atoms with Crippen LogP contribution >= 0.6 is 0 Å². The Hall–Kier alpha value is -2.44. The summed E-state index contributed by atoms with van der Waals surface area (Å²) in [5.74, 6) is -0.278. The fraction of sp³-hybridized carbons (Fsp3) is 0.571. The third kappa shape index (κ3) is 4.51. The molecular weight excluding hydrogens is 361 g/mol. The molecule has 2 aliphatic heterocycles. The normalized spacial score (nSPS) is 18.5. The number of carbonyl (C=O) groups excluding carboxylic acids is 3. The zero-order valence-electron chi connectivity index (χ0n) is 16.6. The highest BCUT2D eigenvalue weighted by molar-refractivity contribution is 5.94. The van der Waals surface area contributed by atoms with E-state index in [1.54, 1.807) is 4.90 Å². The molecule has 2 fully saturated rings. The molecule has 1 aromatic carbocycles. The predicted molar refractivity (Wildman–Crippen MR) is 103 cm³/mol. The van der Waals surface area contributed by atoms with Crippen LogP contribution in [0.3, 0.4) is 0 Å². The highest BCUT2D eigenvalue weighted by atomic mass is 19.1. The fourth-order valence-corrected chi connectivity index (χ4v) is 3.88. The van der Waals surface area contributed by atoms with Crippen molar-refractivity contribution in [3.63, 3.8) is 0 Å². The number of amides is 3. The number of carbonyl (C=O) groups is 3. The lowest BCUT2D eigenvalue weighted by Crippen LogP contribution is -2.53. The monoisotopic (exact) mass is 389 g/mol. The molecule has 0 atom stereocenters. The van der Waals surface area contributed by atoms with E-state index in [0.29, 0.717) is 57.7 Å². The summed E-state index contributed by atoms with van der Waals surface area (Å²) in [4.78, 5) is 42.8. The summed E-state index contributed by atoms with van der Waals surface area (Å²) in [5, 5.41) is 0. The number of nitrogens with zero attached hydrogens (tertiary/aromatic N) is 3. The van der Waals surface area contributed by atoms with Crippen molar-refractivity contribution in [2.24, 2.45) is 11.8 Å². The molecule has 0 aliphatic carbocycles. The van der Waals surface area contributed by atoms with Crippen LogP contribution in [0.15, 0.2) is 24.3 Å². The van der Waals surface area contributed by atoms with Crippen molar-refractivity contribution >= 4 is 17.7 Å². The van der Waals surface area contributed by atoms with Crippen molar-refractivity contribution in [2.75, 3.05) is 39.3 Å². The highest BCUT2D eigenvalue weighted by Gasteiger charge is 2.32. The summed E-state index contributed by atoms with van der Waals surface area (Å²) in [6, 6.07) is 5.54. The lowest BCUT2D eigenvalue weighted by Gasteiger charge is -2.39. The van der Waals surface area contributed by atoms with Crippen molar-refractivity contribution in [3.05, 3.63) is 35.6 Å². The van der Waals surface area contributed by atoms with Crippen LogP contribution in [0, 0.1) is 17.7 Å². The minimum absolute atomic E-state index is 0.0148. The molecule has 3 rings (SSSR count). The van der Waals surface area contributed by atoms with Crippen molar-refractivity contribution < 1.29 is 18.8 Å². The number of hydrogen-bond donors (Lipinski definition) is 0. The Morgan fingerprint density at radius 2 is 1.39 bits per heavy atom. The van der Waals surface area contributed by atoms with E-state index < -0.39 is 0 Å². The number of rotatable bonds is 3. The van der Waals surface area contributed by atoms with Crippen LogP contribution in [-0.4, -0.2) is 71.7 Å². The highest BCUT2D eigenvalue weighted by Crippen LogP contribution is 2.22. The first-order chi connectivity index (χ1) is 13.4. The van der Waals surface area contributed by atoms with Gasteiger partial charge >= 0.3 is 0 Å². The molecule has 3 amide bonds. The van der Waals surface area contributed by atoms with Gasteiger partial charge in [-0.3, -0.25) is 14.4 Å². The maximum atomic E-state index is 13.0. The number of halogens is 1. The van der Waals surface area contributed by atoms with Gasteiger partial charge in [0, 0.05) is 56.7 Å². The Morgan fingerprint density at radius 1 is 0.857 bits per heavy atom. The third-order valence-electron chi connectivity index (χ3n) is 5.62. The van der Waals surface area contributed by atoms with Crippen LogP contribution in [0.4, 0.5) is 4.39 Å². The van der Waals surface area contributed by atoms with Crippen molar-refractivity contribution in [1.82, 2.24) is 14.7 Å². The van der Waals surface area contributed by atoms with Gasteiger partial charge in [-0.05, 0) is 37.1 Å². The van der Waals surface area contributed by atoms with Crippen LogP contribution in [0.2, 0.25) is 0 Å². The van der Waals surface area contributed by atoms with Crippen LogP contribution in [0.25, 0.3) is 0 Å². The molecule has 1 aromatic rings. The Balaban J connectivity index is 1.48. The largest absolute Gasteiger partial charge is 0.342 e. The second-order valence-corrected chi connectivity index (χ2v) is 7.88. The van der Waals surface area contributed by atoms with Gasteiger partial charge in [-0.1, -0.05) is 13.8 Å². The second-order valence-electron chi connectivity index (χ2n) is 7.88. The number of piperazine rings is 1. The molecular formula is C21H28FN3O3. The quantitative estimate of drug-likeness (QED) is 0.795. The summed E-state index contributed by atoms with van der Waals surface area (Å²) in [6.07, 6.45) is 1.40. The summed E-state index contributed by atoms with van der Waals surface area (Å²) in [5.41, 5.74) is 0.461. The summed E-state index contributed by atoms with van der Waals surface area (Å²) >= 11 is 0. The average molecular weight is 389 g/mol. The molecule has 0 saturated carbocycles. The van der Waals surface area contributed by atoms with E-state index in [9.17, 15) is 18.8 Å². The van der Waals surface area contributed by atoms with E-state index in [0.717, 1.165) is 0 Å². The van der Waals surface area contributed by atoms with Crippen LogP contribution < -0.4 is 0 Å². The average Bonchev–Trinajstić information content (AvgIpc) is 2.73. The Morgan fingerprint density at radius 3 is 1.93 bits per heavy atom. The molecule has 0 aromatic heterocycles. The molecule has 152 valence electrons. The van der Waals surface area contributed by atoms with E-state index in [2.05, 4.69) is 0 Å². The van der Waals surface area contributed by atoms with Gasteiger partial charge < -0.3 is 14.7 Å². The maximum Gasteiger partial charge on any atom is 0.253 e. The Bertz CT molecular complexity index is 719. The topological polar surface area (TPSA) is 60.9 Å². The molecule has 0 radical (unpaired) electrons. The van der Waals surface area contributed by atoms with Gasteiger partial charge in [-0.25, -0.2) is 4.39 Å². The van der Waals surface area contributed by atoms with E-state index in [4.69, 9.17) is 0 Å². The van der Waals surface area contributed by atoms with Gasteiger partial charge in [-0.2, -0.15) is 0 Å². The van der Waals surface area contributed by atoms with Crippen LogP contribution in [0.5, 0.6) is 0 Å². The fourth-order valence-electron chi connectivity index (χ4n) is 3.88. The first-order valence-electron chi connectivity index (χ1n) is 9.99. The van der Waals surface area contributed by atoms with E-state index in [1.165, 1.54) is 24.3 Å². The molecule has 0 unspecified atom stereocenters. The van der Waals surface area contributed by atoms with E-state index in [1.807, 2.05) is 23.6 Å². The molecule has 0 N–H and O–H groups in total. The number of hydrogen-bond acceptors (Lipinski definition) is 3. The molecule has 0 spiro atoms. The van der Waals surface area contributed by atoms with Crippen molar-refractivity contribution in [2.45, 2.75) is 26.7 Å². The van der Waals surface area contributed by atoms with E-state index in [-0.39, 0.29) is 35.4 Å². The lowest BCUT2D eigenvalue weighted by molar-refractivity contribution is -0.143. The third-order valence-corrected chi connectivity index (χ3v) is 5.62. The first-order valence-corrected chi connectivity index (χ1v) is 9.99. The van der Waals surface area contributed by atoms with Gasteiger partial charge in [-0.15, -0.1) is 0 Å².